The number of aromatic nitrogens is 2. The fourth-order valence-electron chi connectivity index (χ4n) is 1.35. The molecule has 0 aliphatic rings. The predicted octanol–water partition coefficient (Wildman–Crippen LogP) is 3.04. The average molecular weight is 253 g/mol. The lowest BCUT2D eigenvalue weighted by atomic mass is 10.1. The maximum absolute atomic E-state index is 12.1. The van der Waals surface area contributed by atoms with Crippen molar-refractivity contribution in [3.8, 4) is 0 Å². The average Bonchev–Trinajstić information content (AvgIpc) is 2.57. The maximum atomic E-state index is 12.1. The normalized spacial score (nSPS) is 10.4. The Labute approximate surface area is 102 Å². The Kier molecular flexibility index (Phi) is 3.03. The van der Waals surface area contributed by atoms with E-state index >= 15 is 0 Å². The molecule has 0 atom stereocenters. The van der Waals surface area contributed by atoms with Crippen molar-refractivity contribution >= 4 is 28.7 Å². The van der Waals surface area contributed by atoms with Crippen molar-refractivity contribution < 1.29 is 4.79 Å². The summed E-state index contributed by atoms with van der Waals surface area (Å²) in [5.74, 6) is -0.120. The molecule has 0 aliphatic heterocycles. The lowest BCUT2D eigenvalue weighted by Crippen LogP contribution is -2.03. The van der Waals surface area contributed by atoms with Gasteiger partial charge in [-0.05, 0) is 31.5 Å². The summed E-state index contributed by atoms with van der Waals surface area (Å²) in [4.78, 5) is 20.7. The molecule has 0 saturated carbocycles. The molecular formula is C11H9ClN2OS. The van der Waals surface area contributed by atoms with Crippen molar-refractivity contribution in [1.29, 1.82) is 0 Å². The second kappa shape index (κ2) is 4.31. The number of carbonyl (C=O) groups is 1. The van der Waals surface area contributed by atoms with E-state index in [1.54, 1.807) is 19.2 Å². The van der Waals surface area contributed by atoms with Gasteiger partial charge in [-0.2, -0.15) is 0 Å². The third-order valence-electron chi connectivity index (χ3n) is 2.12. The Bertz CT molecular complexity index is 551. The van der Waals surface area contributed by atoms with Crippen molar-refractivity contribution in [2.45, 2.75) is 13.8 Å². The summed E-state index contributed by atoms with van der Waals surface area (Å²) >= 11 is 6.95. The van der Waals surface area contributed by atoms with Gasteiger partial charge in [0.1, 0.15) is 10.6 Å². The molecule has 0 amide bonds. The minimum atomic E-state index is -0.120. The van der Waals surface area contributed by atoms with Gasteiger partial charge in [-0.1, -0.05) is 22.9 Å². The van der Waals surface area contributed by atoms with Crippen LogP contribution in [-0.4, -0.2) is 15.8 Å². The quantitative estimate of drug-likeness (QED) is 0.772. The van der Waals surface area contributed by atoms with Crippen LogP contribution in [0.25, 0.3) is 0 Å². The zero-order valence-electron chi connectivity index (χ0n) is 8.82. The summed E-state index contributed by atoms with van der Waals surface area (Å²) in [6.45, 7) is 3.69. The molecule has 0 spiro atoms. The van der Waals surface area contributed by atoms with Crippen molar-refractivity contribution in [3.63, 3.8) is 0 Å². The van der Waals surface area contributed by atoms with Gasteiger partial charge < -0.3 is 0 Å². The summed E-state index contributed by atoms with van der Waals surface area (Å²) in [5.41, 5.74) is 2.10. The Hall–Kier alpha value is -1.26. The standard InChI is InChI=1S/C11H9ClN2OS/c1-6-3-4-13-8(5-6)9(15)10-7(2)14-11(12)16-10/h3-5H,1-2H3. The van der Waals surface area contributed by atoms with Crippen LogP contribution in [0.4, 0.5) is 0 Å². The first kappa shape index (κ1) is 11.2. The lowest BCUT2D eigenvalue weighted by Gasteiger charge is -1.99. The second-order valence-corrected chi connectivity index (χ2v) is 5.01. The molecule has 0 N–H and O–H groups in total. The molecule has 2 aromatic rings. The Morgan fingerprint density at radius 3 is 2.75 bits per heavy atom. The summed E-state index contributed by atoms with van der Waals surface area (Å²) in [6, 6.07) is 3.61. The molecule has 5 heteroatoms. The van der Waals surface area contributed by atoms with Crippen LogP contribution in [0.1, 0.15) is 26.6 Å². The highest BCUT2D eigenvalue weighted by Crippen LogP contribution is 2.24. The van der Waals surface area contributed by atoms with Crippen molar-refractivity contribution in [1.82, 2.24) is 9.97 Å². The first-order valence-electron chi connectivity index (χ1n) is 4.68. The van der Waals surface area contributed by atoms with Gasteiger partial charge in [0, 0.05) is 6.20 Å². The van der Waals surface area contributed by atoms with Gasteiger partial charge in [0.15, 0.2) is 4.47 Å². The van der Waals surface area contributed by atoms with E-state index in [4.69, 9.17) is 11.6 Å². The van der Waals surface area contributed by atoms with E-state index in [-0.39, 0.29) is 5.78 Å². The number of thiazole rings is 1. The van der Waals surface area contributed by atoms with Crippen molar-refractivity contribution in [2.75, 3.05) is 0 Å². The number of halogens is 1. The summed E-state index contributed by atoms with van der Waals surface area (Å²) < 4.78 is 0.383. The molecule has 0 radical (unpaired) electrons. The number of carbonyl (C=O) groups excluding carboxylic acids is 1. The number of pyridine rings is 1. The molecule has 0 bridgehead atoms. The molecule has 0 aromatic carbocycles. The van der Waals surface area contributed by atoms with Gasteiger partial charge in [0.25, 0.3) is 0 Å². The lowest BCUT2D eigenvalue weighted by molar-refractivity contribution is 0.103. The van der Waals surface area contributed by atoms with Gasteiger partial charge in [-0.25, -0.2) is 4.98 Å². The first-order valence-corrected chi connectivity index (χ1v) is 5.87. The van der Waals surface area contributed by atoms with Crippen molar-refractivity contribution in [3.05, 3.63) is 44.6 Å². The van der Waals surface area contributed by atoms with Crippen LogP contribution in [0.2, 0.25) is 4.47 Å². The molecule has 2 aromatic heterocycles. The number of ketones is 1. The smallest absolute Gasteiger partial charge is 0.223 e. The molecule has 0 unspecified atom stereocenters. The highest BCUT2D eigenvalue weighted by Gasteiger charge is 2.17. The molecule has 82 valence electrons. The van der Waals surface area contributed by atoms with Gasteiger partial charge >= 0.3 is 0 Å². The minimum absolute atomic E-state index is 0.120. The Balaban J connectivity index is 2.43. The minimum Gasteiger partial charge on any atom is -0.286 e. The van der Waals surface area contributed by atoms with Gasteiger partial charge in [-0.15, -0.1) is 0 Å². The van der Waals surface area contributed by atoms with E-state index in [0.717, 1.165) is 5.56 Å². The second-order valence-electron chi connectivity index (χ2n) is 3.43. The Morgan fingerprint density at radius 2 is 2.19 bits per heavy atom. The van der Waals surface area contributed by atoms with Crippen molar-refractivity contribution in [2.24, 2.45) is 0 Å². The van der Waals surface area contributed by atoms with E-state index < -0.39 is 0 Å². The van der Waals surface area contributed by atoms with E-state index in [2.05, 4.69) is 9.97 Å². The third-order valence-corrected chi connectivity index (χ3v) is 3.39. The highest BCUT2D eigenvalue weighted by atomic mass is 35.5. The summed E-state index contributed by atoms with van der Waals surface area (Å²) in [5, 5.41) is 0. The number of aryl methyl sites for hydroxylation is 2. The molecule has 0 saturated heterocycles. The molecule has 2 heterocycles. The maximum Gasteiger partial charge on any atom is 0.223 e. The zero-order valence-corrected chi connectivity index (χ0v) is 10.4. The fourth-order valence-corrected chi connectivity index (χ4v) is 2.45. The van der Waals surface area contributed by atoms with Crippen LogP contribution in [0, 0.1) is 13.8 Å². The molecule has 16 heavy (non-hydrogen) atoms. The van der Waals surface area contributed by atoms with E-state index in [9.17, 15) is 4.79 Å². The SMILES string of the molecule is Cc1ccnc(C(=O)c2sc(Cl)nc2C)c1. The van der Waals surface area contributed by atoms with Crippen LogP contribution < -0.4 is 0 Å². The summed E-state index contributed by atoms with van der Waals surface area (Å²) in [6.07, 6.45) is 1.63. The van der Waals surface area contributed by atoms with Crippen LogP contribution in [0.5, 0.6) is 0 Å². The van der Waals surface area contributed by atoms with Gasteiger partial charge in [0.2, 0.25) is 5.78 Å². The van der Waals surface area contributed by atoms with Crippen LogP contribution in [0.3, 0.4) is 0 Å². The largest absolute Gasteiger partial charge is 0.286 e. The van der Waals surface area contributed by atoms with Gasteiger partial charge in [0.05, 0.1) is 5.69 Å². The van der Waals surface area contributed by atoms with E-state index in [0.29, 0.717) is 20.7 Å². The van der Waals surface area contributed by atoms with Crippen LogP contribution in [-0.2, 0) is 0 Å². The molecule has 3 nitrogen and oxygen atoms in total. The highest BCUT2D eigenvalue weighted by molar-refractivity contribution is 7.17. The van der Waals surface area contributed by atoms with E-state index in [1.165, 1.54) is 11.3 Å². The third kappa shape index (κ3) is 2.13. The summed E-state index contributed by atoms with van der Waals surface area (Å²) in [7, 11) is 0. The predicted molar refractivity (Wildman–Crippen MR) is 64.3 cm³/mol. The fraction of sp³-hybridized carbons (Fsp3) is 0.182. The zero-order chi connectivity index (χ0) is 11.7. The van der Waals surface area contributed by atoms with Crippen LogP contribution in [0.15, 0.2) is 18.3 Å². The van der Waals surface area contributed by atoms with E-state index in [1.807, 2.05) is 13.0 Å². The number of hydrogen-bond donors (Lipinski definition) is 0. The Morgan fingerprint density at radius 1 is 1.44 bits per heavy atom. The molecule has 0 aliphatic carbocycles. The molecular weight excluding hydrogens is 244 g/mol. The van der Waals surface area contributed by atoms with Crippen LogP contribution >= 0.6 is 22.9 Å². The molecule has 0 fully saturated rings. The molecule has 2 rings (SSSR count). The topological polar surface area (TPSA) is 42.9 Å². The number of nitrogens with zero attached hydrogens (tertiary/aromatic N) is 2. The number of hydrogen-bond acceptors (Lipinski definition) is 4. The number of rotatable bonds is 2. The van der Waals surface area contributed by atoms with Gasteiger partial charge in [-0.3, -0.25) is 9.78 Å². The first-order chi connectivity index (χ1) is 7.58. The monoisotopic (exact) mass is 252 g/mol.